The Bertz CT molecular complexity index is 575. The minimum Gasteiger partial charge on any atom is -0.473 e. The van der Waals surface area contributed by atoms with Gasteiger partial charge in [0, 0.05) is 10.6 Å². The molecule has 2 rings (SSSR count). The number of halogens is 2. The number of hydrogen-bond acceptors (Lipinski definition) is 1. The van der Waals surface area contributed by atoms with Gasteiger partial charge in [-0.05, 0) is 36.4 Å². The third kappa shape index (κ3) is 2.82. The van der Waals surface area contributed by atoms with E-state index in [1.165, 1.54) is 18.2 Å². The Morgan fingerprint density at radius 3 is 2.67 bits per heavy atom. The molecule has 2 aromatic rings. The van der Waals surface area contributed by atoms with Crippen molar-refractivity contribution in [1.29, 1.82) is 0 Å². The monoisotopic (exact) mass is 259 g/mol. The van der Waals surface area contributed by atoms with E-state index >= 15 is 0 Å². The maximum atomic E-state index is 13.2. The molecule has 18 heavy (non-hydrogen) atoms. The van der Waals surface area contributed by atoms with Gasteiger partial charge in [-0.15, -0.1) is 6.42 Å². The molecular weight excluding hydrogens is 251 g/mol. The van der Waals surface area contributed by atoms with Crippen LogP contribution in [-0.2, 0) is 0 Å². The molecule has 1 unspecified atom stereocenters. The van der Waals surface area contributed by atoms with Crippen LogP contribution in [0.1, 0.15) is 11.7 Å². The SMILES string of the molecule is C#CC(Oc1cc[c]cc1)c1cc(F)ccc1Cl. The highest BCUT2D eigenvalue weighted by molar-refractivity contribution is 6.31. The highest BCUT2D eigenvalue weighted by Gasteiger charge is 2.14. The van der Waals surface area contributed by atoms with Gasteiger partial charge in [-0.3, -0.25) is 0 Å². The van der Waals surface area contributed by atoms with Crippen LogP contribution in [0.3, 0.4) is 0 Å². The molecule has 0 spiro atoms. The molecule has 0 aromatic heterocycles. The molecule has 1 nitrogen and oxygen atoms in total. The number of hydrogen-bond donors (Lipinski definition) is 0. The molecule has 0 saturated heterocycles. The summed E-state index contributed by atoms with van der Waals surface area (Å²) < 4.78 is 18.8. The van der Waals surface area contributed by atoms with E-state index < -0.39 is 11.9 Å². The van der Waals surface area contributed by atoms with Crippen LogP contribution in [0.15, 0.2) is 42.5 Å². The second-order valence-electron chi connectivity index (χ2n) is 3.57. The van der Waals surface area contributed by atoms with Gasteiger partial charge in [0.2, 0.25) is 0 Å². The van der Waals surface area contributed by atoms with E-state index in [0.29, 0.717) is 16.3 Å². The lowest BCUT2D eigenvalue weighted by molar-refractivity contribution is 0.264. The fourth-order valence-electron chi connectivity index (χ4n) is 1.49. The van der Waals surface area contributed by atoms with Crippen molar-refractivity contribution in [3.63, 3.8) is 0 Å². The van der Waals surface area contributed by atoms with Gasteiger partial charge in [0.1, 0.15) is 11.6 Å². The molecule has 3 heteroatoms. The zero-order valence-electron chi connectivity index (χ0n) is 9.36. The van der Waals surface area contributed by atoms with Crippen molar-refractivity contribution in [1.82, 2.24) is 0 Å². The molecule has 1 atom stereocenters. The first kappa shape index (κ1) is 12.5. The lowest BCUT2D eigenvalue weighted by atomic mass is 10.1. The molecule has 0 aliphatic carbocycles. The topological polar surface area (TPSA) is 9.23 Å². The summed E-state index contributed by atoms with van der Waals surface area (Å²) in [6.45, 7) is 0. The quantitative estimate of drug-likeness (QED) is 0.756. The third-order valence-corrected chi connectivity index (χ3v) is 2.68. The Kier molecular flexibility index (Phi) is 3.86. The molecule has 0 bridgehead atoms. The fourth-order valence-corrected chi connectivity index (χ4v) is 1.71. The molecule has 0 aliphatic heterocycles. The van der Waals surface area contributed by atoms with Crippen molar-refractivity contribution in [3.05, 3.63) is 64.9 Å². The van der Waals surface area contributed by atoms with Crippen molar-refractivity contribution in [2.45, 2.75) is 6.10 Å². The molecule has 0 aliphatic rings. The molecular formula is C15H9ClFO. The van der Waals surface area contributed by atoms with E-state index in [0.717, 1.165) is 0 Å². The van der Waals surface area contributed by atoms with E-state index in [4.69, 9.17) is 22.8 Å². The summed E-state index contributed by atoms with van der Waals surface area (Å²) in [7, 11) is 0. The maximum absolute atomic E-state index is 13.2. The summed E-state index contributed by atoms with van der Waals surface area (Å²) in [5, 5.41) is 0.377. The van der Waals surface area contributed by atoms with Gasteiger partial charge in [-0.1, -0.05) is 29.7 Å². The first-order valence-electron chi connectivity index (χ1n) is 5.24. The van der Waals surface area contributed by atoms with Crippen LogP contribution in [0.4, 0.5) is 4.39 Å². The summed E-state index contributed by atoms with van der Waals surface area (Å²) in [5.41, 5.74) is 0.437. The van der Waals surface area contributed by atoms with Crippen LogP contribution in [0.5, 0.6) is 5.75 Å². The molecule has 0 fully saturated rings. The molecule has 0 heterocycles. The maximum Gasteiger partial charge on any atom is 0.185 e. The standard InChI is InChI=1S/C15H9ClFO/c1-2-15(18-12-6-4-3-5-7-12)13-10-11(17)8-9-14(13)16/h1,4-10,15H. The summed E-state index contributed by atoms with van der Waals surface area (Å²) in [5.74, 6) is 2.63. The zero-order chi connectivity index (χ0) is 13.0. The van der Waals surface area contributed by atoms with Crippen LogP contribution < -0.4 is 4.74 Å². The van der Waals surface area contributed by atoms with Gasteiger partial charge in [0.05, 0.1) is 0 Å². The number of ether oxygens (including phenoxy) is 1. The lowest BCUT2D eigenvalue weighted by Crippen LogP contribution is -2.06. The zero-order valence-corrected chi connectivity index (χ0v) is 10.1. The van der Waals surface area contributed by atoms with Crippen molar-refractivity contribution in [3.8, 4) is 18.1 Å². The summed E-state index contributed by atoms with van der Waals surface area (Å²) in [6, 6.07) is 13.7. The van der Waals surface area contributed by atoms with Crippen LogP contribution in [0, 0.1) is 24.2 Å². The van der Waals surface area contributed by atoms with Gasteiger partial charge >= 0.3 is 0 Å². The second kappa shape index (κ2) is 5.57. The first-order valence-corrected chi connectivity index (χ1v) is 5.62. The van der Waals surface area contributed by atoms with E-state index in [1.54, 1.807) is 24.3 Å². The molecule has 0 saturated carbocycles. The molecule has 89 valence electrons. The Labute approximate surface area is 110 Å². The Morgan fingerprint density at radius 1 is 1.28 bits per heavy atom. The van der Waals surface area contributed by atoms with Crippen molar-refractivity contribution in [2.75, 3.05) is 0 Å². The molecule has 0 amide bonds. The molecule has 2 aromatic carbocycles. The van der Waals surface area contributed by atoms with E-state index in [9.17, 15) is 4.39 Å². The Balaban J connectivity index is 2.29. The normalized spacial score (nSPS) is 11.6. The van der Waals surface area contributed by atoms with Crippen LogP contribution in [0.25, 0.3) is 0 Å². The number of rotatable bonds is 3. The Morgan fingerprint density at radius 2 is 2.00 bits per heavy atom. The van der Waals surface area contributed by atoms with Crippen molar-refractivity contribution < 1.29 is 9.13 Å². The molecule has 0 N–H and O–H groups in total. The van der Waals surface area contributed by atoms with E-state index in [1.807, 2.05) is 0 Å². The number of terminal acetylenes is 1. The van der Waals surface area contributed by atoms with Gasteiger partial charge in [-0.2, -0.15) is 0 Å². The van der Waals surface area contributed by atoms with E-state index in [2.05, 4.69) is 12.0 Å². The van der Waals surface area contributed by atoms with Crippen LogP contribution in [0.2, 0.25) is 5.02 Å². The minimum absolute atomic E-state index is 0.377. The Hall–Kier alpha value is -1.98. The summed E-state index contributed by atoms with van der Waals surface area (Å²) in [4.78, 5) is 0. The largest absolute Gasteiger partial charge is 0.473 e. The van der Waals surface area contributed by atoms with Crippen LogP contribution in [-0.4, -0.2) is 0 Å². The predicted molar refractivity (Wildman–Crippen MR) is 68.9 cm³/mol. The van der Waals surface area contributed by atoms with Crippen LogP contribution >= 0.6 is 11.6 Å². The number of benzene rings is 2. The smallest absolute Gasteiger partial charge is 0.185 e. The van der Waals surface area contributed by atoms with Crippen molar-refractivity contribution in [2.24, 2.45) is 0 Å². The average molecular weight is 260 g/mol. The summed E-state index contributed by atoms with van der Waals surface area (Å²) in [6.07, 6.45) is 4.68. The van der Waals surface area contributed by atoms with Crippen molar-refractivity contribution >= 4 is 11.6 Å². The van der Waals surface area contributed by atoms with Gasteiger partial charge in [0.15, 0.2) is 6.10 Å². The minimum atomic E-state index is -0.726. The third-order valence-electron chi connectivity index (χ3n) is 2.33. The second-order valence-corrected chi connectivity index (χ2v) is 3.97. The first-order chi connectivity index (χ1) is 8.70. The molecule has 1 radical (unpaired) electrons. The highest BCUT2D eigenvalue weighted by Crippen LogP contribution is 2.27. The van der Waals surface area contributed by atoms with Gasteiger partial charge < -0.3 is 4.74 Å². The van der Waals surface area contributed by atoms with E-state index in [-0.39, 0.29) is 0 Å². The van der Waals surface area contributed by atoms with Gasteiger partial charge in [-0.25, -0.2) is 4.39 Å². The lowest BCUT2D eigenvalue weighted by Gasteiger charge is -2.15. The average Bonchev–Trinajstić information content (AvgIpc) is 2.40. The predicted octanol–water partition coefficient (Wildman–Crippen LogP) is 4.03. The van der Waals surface area contributed by atoms with Gasteiger partial charge in [0.25, 0.3) is 0 Å². The highest BCUT2D eigenvalue weighted by atomic mass is 35.5. The summed E-state index contributed by atoms with van der Waals surface area (Å²) >= 11 is 5.99. The fraction of sp³-hybridized carbons (Fsp3) is 0.0667.